The molecule has 2 aliphatic rings. The molecular formula is C21H22O3. The maximum atomic E-state index is 12.0. The Hall–Kier alpha value is -2.29. The molecule has 2 aromatic rings. The van der Waals surface area contributed by atoms with Gasteiger partial charge in [-0.2, -0.15) is 0 Å². The number of carbonyl (C=O) groups is 1. The lowest BCUT2D eigenvalue weighted by molar-refractivity contribution is -0.144. The van der Waals surface area contributed by atoms with E-state index in [2.05, 4.69) is 30.3 Å². The van der Waals surface area contributed by atoms with Crippen molar-refractivity contribution in [3.8, 4) is 5.75 Å². The van der Waals surface area contributed by atoms with E-state index in [0.29, 0.717) is 13.0 Å². The van der Waals surface area contributed by atoms with Crippen molar-refractivity contribution in [1.29, 1.82) is 0 Å². The van der Waals surface area contributed by atoms with Crippen LogP contribution in [-0.4, -0.2) is 18.7 Å². The molecule has 4 rings (SSSR count). The Bertz CT molecular complexity index is 819. The summed E-state index contributed by atoms with van der Waals surface area (Å²) in [7, 11) is 0. The molecule has 0 saturated carbocycles. The first-order valence-electron chi connectivity index (χ1n) is 8.83. The van der Waals surface area contributed by atoms with Crippen molar-refractivity contribution in [2.75, 3.05) is 6.61 Å². The molecule has 1 unspecified atom stereocenters. The molecule has 1 aliphatic heterocycles. The summed E-state index contributed by atoms with van der Waals surface area (Å²) in [5.41, 5.74) is 3.91. The molecule has 0 spiro atoms. The van der Waals surface area contributed by atoms with Crippen LogP contribution in [0.3, 0.4) is 0 Å². The summed E-state index contributed by atoms with van der Waals surface area (Å²) in [6.07, 6.45) is 4.60. The maximum absolute atomic E-state index is 12.0. The first kappa shape index (κ1) is 15.3. The molecule has 0 radical (unpaired) electrons. The molecule has 0 aromatic heterocycles. The van der Waals surface area contributed by atoms with Crippen LogP contribution < -0.4 is 4.74 Å². The third kappa shape index (κ3) is 2.68. The predicted octanol–water partition coefficient (Wildman–Crippen LogP) is 4.88. The second-order valence-electron chi connectivity index (χ2n) is 6.52. The molecule has 2 aromatic carbocycles. The average molecular weight is 322 g/mol. The molecule has 0 amide bonds. The fourth-order valence-corrected chi connectivity index (χ4v) is 3.90. The van der Waals surface area contributed by atoms with Gasteiger partial charge in [-0.3, -0.25) is 4.79 Å². The first-order valence-corrected chi connectivity index (χ1v) is 8.83. The van der Waals surface area contributed by atoms with Crippen molar-refractivity contribution in [2.45, 2.75) is 45.1 Å². The van der Waals surface area contributed by atoms with Crippen LogP contribution in [0.2, 0.25) is 0 Å². The number of hydrogen-bond donors (Lipinski definition) is 0. The van der Waals surface area contributed by atoms with Crippen LogP contribution in [0.15, 0.2) is 42.0 Å². The van der Waals surface area contributed by atoms with Crippen molar-refractivity contribution in [3.63, 3.8) is 0 Å². The Morgan fingerprint density at radius 3 is 2.71 bits per heavy atom. The van der Waals surface area contributed by atoms with Crippen LogP contribution in [0.5, 0.6) is 5.75 Å². The number of benzene rings is 2. The highest BCUT2D eigenvalue weighted by Gasteiger charge is 2.32. The van der Waals surface area contributed by atoms with Gasteiger partial charge >= 0.3 is 5.97 Å². The van der Waals surface area contributed by atoms with Gasteiger partial charge in [-0.25, -0.2) is 0 Å². The van der Waals surface area contributed by atoms with E-state index in [9.17, 15) is 4.79 Å². The third-order valence-corrected chi connectivity index (χ3v) is 5.00. The molecule has 0 fully saturated rings. The highest BCUT2D eigenvalue weighted by molar-refractivity contribution is 5.91. The molecule has 1 atom stereocenters. The minimum atomic E-state index is -0.177. The SMILES string of the molecule is CCOC(=O)CC1Oc2cc3ccccc3cc2C2=C1CCCC2. The Labute approximate surface area is 142 Å². The van der Waals surface area contributed by atoms with Gasteiger partial charge in [0.05, 0.1) is 13.0 Å². The molecule has 0 saturated heterocycles. The van der Waals surface area contributed by atoms with Crippen LogP contribution in [0.4, 0.5) is 0 Å². The molecular weight excluding hydrogens is 300 g/mol. The molecule has 24 heavy (non-hydrogen) atoms. The summed E-state index contributed by atoms with van der Waals surface area (Å²) in [4.78, 5) is 12.0. The smallest absolute Gasteiger partial charge is 0.309 e. The normalized spacial score (nSPS) is 19.5. The van der Waals surface area contributed by atoms with E-state index in [1.54, 1.807) is 0 Å². The lowest BCUT2D eigenvalue weighted by Crippen LogP contribution is -2.29. The molecule has 0 bridgehead atoms. The molecule has 0 N–H and O–H groups in total. The van der Waals surface area contributed by atoms with Gasteiger partial charge in [0, 0.05) is 5.56 Å². The highest BCUT2D eigenvalue weighted by atomic mass is 16.5. The molecule has 3 nitrogen and oxygen atoms in total. The fourth-order valence-electron chi connectivity index (χ4n) is 3.90. The highest BCUT2D eigenvalue weighted by Crippen LogP contribution is 2.45. The van der Waals surface area contributed by atoms with Crippen molar-refractivity contribution in [1.82, 2.24) is 0 Å². The number of carbonyl (C=O) groups excluding carboxylic acids is 1. The van der Waals surface area contributed by atoms with Crippen LogP contribution in [0.1, 0.15) is 44.6 Å². The van der Waals surface area contributed by atoms with E-state index in [1.807, 2.05) is 13.0 Å². The van der Waals surface area contributed by atoms with Crippen molar-refractivity contribution in [3.05, 3.63) is 47.5 Å². The summed E-state index contributed by atoms with van der Waals surface area (Å²) >= 11 is 0. The Morgan fingerprint density at radius 2 is 1.92 bits per heavy atom. The summed E-state index contributed by atoms with van der Waals surface area (Å²) < 4.78 is 11.4. The fraction of sp³-hybridized carbons (Fsp3) is 0.381. The second-order valence-corrected chi connectivity index (χ2v) is 6.52. The summed E-state index contributed by atoms with van der Waals surface area (Å²) in [6.45, 7) is 2.26. The van der Waals surface area contributed by atoms with E-state index in [1.165, 1.54) is 40.3 Å². The quantitative estimate of drug-likeness (QED) is 0.755. The summed E-state index contributed by atoms with van der Waals surface area (Å²) in [5.74, 6) is 0.729. The summed E-state index contributed by atoms with van der Waals surface area (Å²) in [6, 6.07) is 12.7. The van der Waals surface area contributed by atoms with E-state index < -0.39 is 0 Å². The van der Waals surface area contributed by atoms with Gasteiger partial charge in [-0.05, 0) is 66.7 Å². The number of rotatable bonds is 3. The molecule has 1 aliphatic carbocycles. The van der Waals surface area contributed by atoms with Crippen LogP contribution in [0, 0.1) is 0 Å². The van der Waals surface area contributed by atoms with Gasteiger partial charge < -0.3 is 9.47 Å². The molecule has 3 heteroatoms. The Kier molecular flexibility index (Phi) is 4.01. The van der Waals surface area contributed by atoms with Crippen molar-refractivity contribution in [2.24, 2.45) is 0 Å². The largest absolute Gasteiger partial charge is 0.485 e. The van der Waals surface area contributed by atoms with Gasteiger partial charge in [-0.1, -0.05) is 24.3 Å². The topological polar surface area (TPSA) is 35.5 Å². The number of esters is 1. The second kappa shape index (κ2) is 6.31. The van der Waals surface area contributed by atoms with Crippen molar-refractivity contribution >= 4 is 22.3 Å². The molecule has 124 valence electrons. The number of ether oxygens (including phenoxy) is 2. The monoisotopic (exact) mass is 322 g/mol. The van der Waals surface area contributed by atoms with E-state index in [-0.39, 0.29) is 12.1 Å². The lowest BCUT2D eigenvalue weighted by Gasteiger charge is -2.34. The Morgan fingerprint density at radius 1 is 1.17 bits per heavy atom. The van der Waals surface area contributed by atoms with Crippen LogP contribution in [-0.2, 0) is 9.53 Å². The first-order chi connectivity index (χ1) is 11.8. The van der Waals surface area contributed by atoms with E-state index >= 15 is 0 Å². The van der Waals surface area contributed by atoms with Gasteiger partial charge in [0.15, 0.2) is 0 Å². The standard InChI is InChI=1S/C21H22O3/c1-2-23-21(22)13-20-17-10-6-5-9-16(17)18-11-14-7-3-4-8-15(14)12-19(18)24-20/h3-4,7-8,11-12,20H,2,5-6,9-10,13H2,1H3. The zero-order chi connectivity index (χ0) is 16.5. The average Bonchev–Trinajstić information content (AvgIpc) is 2.61. The van der Waals surface area contributed by atoms with Gasteiger partial charge in [0.1, 0.15) is 11.9 Å². The number of fused-ring (bicyclic) bond motifs is 3. The zero-order valence-electron chi connectivity index (χ0n) is 14.0. The van der Waals surface area contributed by atoms with E-state index in [4.69, 9.17) is 9.47 Å². The Balaban J connectivity index is 1.78. The third-order valence-electron chi connectivity index (χ3n) is 5.00. The summed E-state index contributed by atoms with van der Waals surface area (Å²) in [5, 5.41) is 2.41. The number of hydrogen-bond acceptors (Lipinski definition) is 3. The van der Waals surface area contributed by atoms with Crippen LogP contribution >= 0.6 is 0 Å². The number of allylic oxidation sites excluding steroid dienone is 1. The van der Waals surface area contributed by atoms with Gasteiger partial charge in [0.25, 0.3) is 0 Å². The van der Waals surface area contributed by atoms with Crippen molar-refractivity contribution < 1.29 is 14.3 Å². The maximum Gasteiger partial charge on any atom is 0.309 e. The van der Waals surface area contributed by atoms with E-state index in [0.717, 1.165) is 18.6 Å². The lowest BCUT2D eigenvalue weighted by atomic mass is 9.81. The van der Waals surface area contributed by atoms with Gasteiger partial charge in [0.2, 0.25) is 0 Å². The van der Waals surface area contributed by atoms with Gasteiger partial charge in [-0.15, -0.1) is 0 Å². The predicted molar refractivity (Wildman–Crippen MR) is 95.0 cm³/mol. The zero-order valence-corrected chi connectivity index (χ0v) is 14.0. The van der Waals surface area contributed by atoms with Crippen LogP contribution in [0.25, 0.3) is 16.3 Å². The minimum absolute atomic E-state index is 0.173. The molecule has 1 heterocycles. The minimum Gasteiger partial charge on any atom is -0.485 e.